The molecular weight excluding hydrogens is 863 g/mol. The van der Waals surface area contributed by atoms with Gasteiger partial charge in [-0.25, -0.2) is 0 Å². The second-order valence-electron chi connectivity index (χ2n) is 17.5. The van der Waals surface area contributed by atoms with Crippen molar-refractivity contribution < 1.29 is 0 Å². The predicted octanol–water partition coefficient (Wildman–Crippen LogP) is 14.7. The van der Waals surface area contributed by atoms with Crippen LogP contribution in [0.3, 0.4) is 0 Å². The summed E-state index contributed by atoms with van der Waals surface area (Å²) >= 11 is 0. The molecule has 0 fully saturated rings. The van der Waals surface area contributed by atoms with Crippen molar-refractivity contribution in [3.63, 3.8) is 0 Å². The van der Waals surface area contributed by atoms with E-state index in [9.17, 15) is 0 Å². The number of nitrogens with zero attached hydrogens (tertiary/aromatic N) is 5. The van der Waals surface area contributed by atoms with Gasteiger partial charge in [-0.1, -0.05) is 105 Å². The average molecular weight is 948 g/mol. The lowest BCUT2D eigenvalue weighted by atomic mass is 9.90. The summed E-state index contributed by atoms with van der Waals surface area (Å²) in [5, 5.41) is 2.13. The largest absolute Gasteiger partial charge is 0.372 e. The van der Waals surface area contributed by atoms with Crippen molar-refractivity contribution in [2.45, 2.75) is 83.1 Å². The number of benzene rings is 6. The van der Waals surface area contributed by atoms with Crippen molar-refractivity contribution in [1.29, 1.82) is 0 Å². The minimum atomic E-state index is 0.959. The molecule has 0 bridgehead atoms. The Bertz CT molecular complexity index is 2440. The summed E-state index contributed by atoms with van der Waals surface area (Å²) in [6, 6.07) is 54.6. The van der Waals surface area contributed by atoms with Gasteiger partial charge in [0.25, 0.3) is 0 Å². The Hall–Kier alpha value is -6.72. The molecule has 5 nitrogen and oxygen atoms in total. The molecular formula is C66H85N5. The number of hydrogen-bond donors (Lipinski definition) is 0. The molecule has 0 aliphatic carbocycles. The number of allylic oxidation sites excluding steroid dienone is 4. The third-order valence-electron chi connectivity index (χ3n) is 13.7. The van der Waals surface area contributed by atoms with Gasteiger partial charge in [0.2, 0.25) is 0 Å². The molecule has 6 aromatic carbocycles. The second-order valence-corrected chi connectivity index (χ2v) is 17.5. The molecule has 5 heteroatoms. The minimum absolute atomic E-state index is 0.959. The van der Waals surface area contributed by atoms with Crippen LogP contribution < -0.4 is 34.9 Å². The van der Waals surface area contributed by atoms with Crippen LogP contribution in [0.5, 0.6) is 0 Å². The van der Waals surface area contributed by atoms with Gasteiger partial charge >= 0.3 is 0 Å². The van der Waals surface area contributed by atoms with E-state index in [0.29, 0.717) is 0 Å². The van der Waals surface area contributed by atoms with Gasteiger partial charge in [0.15, 0.2) is 0 Å². The molecule has 0 saturated heterocycles. The zero-order valence-electron chi connectivity index (χ0n) is 45.6. The lowest BCUT2D eigenvalue weighted by Gasteiger charge is -2.23. The maximum Gasteiger partial charge on any atom is 0.0366 e. The second kappa shape index (κ2) is 28.2. The van der Waals surface area contributed by atoms with Gasteiger partial charge in [-0.05, 0) is 209 Å². The topological polar surface area (TPSA) is 16.2 Å². The highest BCUT2D eigenvalue weighted by molar-refractivity contribution is 5.89. The zero-order valence-corrected chi connectivity index (χ0v) is 45.6. The first kappa shape index (κ1) is 55.2. The standard InChI is InChI=1S/C64H79N5.C2H6/c1-12-65(13-2)57-36-26-52(27-37-57)62(51-24-22-49(11)23-25-51)46-50(47-63(53-28-38-58(39-29-53)66(14-3)15-4)54-30-40-59(41-31-54)67(16-5)17-6)48-64(55-32-42-60(43-33-55)68(18-7)19-8)56-34-44-61(45-35-56)69(20-9)21-10;1-2/h22-48H,11-21H2,1-10H3;1-2H3. The first-order valence-corrected chi connectivity index (χ1v) is 26.9. The van der Waals surface area contributed by atoms with Crippen molar-refractivity contribution >= 4 is 51.7 Å². The van der Waals surface area contributed by atoms with Gasteiger partial charge in [0.1, 0.15) is 0 Å². The Morgan fingerprint density at radius 2 is 0.535 bits per heavy atom. The fourth-order valence-corrected chi connectivity index (χ4v) is 9.51. The lowest BCUT2D eigenvalue weighted by Crippen LogP contribution is -2.21. The normalized spacial score (nSPS) is 10.6. The number of anilines is 5. The quantitative estimate of drug-likeness (QED) is 0.0593. The Labute approximate surface area is 430 Å². The van der Waals surface area contributed by atoms with Crippen LogP contribution in [0.1, 0.15) is 111 Å². The summed E-state index contributed by atoms with van der Waals surface area (Å²) in [4.78, 5) is 12.0. The molecule has 0 aliphatic rings. The van der Waals surface area contributed by atoms with Crippen LogP contribution in [0.4, 0.5) is 28.4 Å². The molecule has 71 heavy (non-hydrogen) atoms. The van der Waals surface area contributed by atoms with E-state index in [1.54, 1.807) is 0 Å². The van der Waals surface area contributed by atoms with E-state index in [4.69, 9.17) is 0 Å². The van der Waals surface area contributed by atoms with Gasteiger partial charge < -0.3 is 24.5 Å². The van der Waals surface area contributed by atoms with Gasteiger partial charge in [-0.3, -0.25) is 0 Å². The molecule has 0 spiro atoms. The van der Waals surface area contributed by atoms with Crippen molar-refractivity contribution in [2.24, 2.45) is 0 Å². The molecule has 0 N–H and O–H groups in total. The van der Waals surface area contributed by atoms with Gasteiger partial charge in [0.05, 0.1) is 0 Å². The fraction of sp³-hybridized carbons (Fsp3) is 0.333. The molecule has 0 unspecified atom stereocenters. The van der Waals surface area contributed by atoms with E-state index in [1.165, 1.54) is 50.7 Å². The average Bonchev–Trinajstić information content (AvgIpc) is 3.42. The molecule has 0 radical (unpaired) electrons. The molecule has 0 aromatic heterocycles. The van der Waals surface area contributed by atoms with Crippen LogP contribution in [-0.4, -0.2) is 65.4 Å². The number of rotatable bonds is 23. The van der Waals surface area contributed by atoms with Gasteiger partial charge in [-0.2, -0.15) is 0 Å². The molecule has 374 valence electrons. The van der Waals surface area contributed by atoms with Crippen LogP contribution in [0, 0.1) is 0 Å². The predicted molar refractivity (Wildman–Crippen MR) is 317 cm³/mol. The summed E-state index contributed by atoms with van der Waals surface area (Å²) in [5.41, 5.74) is 16.5. The van der Waals surface area contributed by atoms with Crippen LogP contribution >= 0.6 is 0 Å². The Balaban J connectivity index is 0.00000463. The third-order valence-corrected chi connectivity index (χ3v) is 13.7. The van der Waals surface area contributed by atoms with Gasteiger partial charge in [0, 0.05) is 93.9 Å². The molecule has 6 rings (SSSR count). The first-order chi connectivity index (χ1) is 34.6. The monoisotopic (exact) mass is 948 g/mol. The molecule has 0 saturated carbocycles. The van der Waals surface area contributed by atoms with E-state index in [-0.39, 0.29) is 0 Å². The van der Waals surface area contributed by atoms with E-state index in [0.717, 1.165) is 104 Å². The lowest BCUT2D eigenvalue weighted by molar-refractivity contribution is 0.866. The van der Waals surface area contributed by atoms with Crippen molar-refractivity contribution in [1.82, 2.24) is 0 Å². The van der Waals surface area contributed by atoms with Crippen molar-refractivity contribution in [3.8, 4) is 0 Å². The molecule has 0 aliphatic heterocycles. The third kappa shape index (κ3) is 14.2. The van der Waals surface area contributed by atoms with Crippen LogP contribution in [0.2, 0.25) is 0 Å². The summed E-state index contributed by atoms with van der Waals surface area (Å²) in [6.45, 7) is 40.1. The Morgan fingerprint density at radius 3 is 0.761 bits per heavy atom. The zero-order chi connectivity index (χ0) is 51.3. The van der Waals surface area contributed by atoms with Crippen molar-refractivity contribution in [3.05, 3.63) is 208 Å². The highest BCUT2D eigenvalue weighted by atomic mass is 15.1. The maximum atomic E-state index is 4.27. The Kier molecular flexibility index (Phi) is 21.9. The number of hydrogen-bond acceptors (Lipinski definition) is 5. The summed E-state index contributed by atoms with van der Waals surface area (Å²) < 4.78 is 0. The molecule has 0 amide bonds. The van der Waals surface area contributed by atoms with E-state index in [2.05, 4.69) is 264 Å². The maximum absolute atomic E-state index is 4.27. The van der Waals surface area contributed by atoms with Crippen molar-refractivity contribution in [2.75, 3.05) is 89.9 Å². The SMILES string of the molecule is C=c1ccc(=C(C=C(C=C(c2ccc(N(CC)CC)cc2)c2ccc(N(CC)CC)cc2)C=C(c2ccc(N(CC)CC)cc2)c2ccc(N(CC)CC)cc2)c2ccc(N(CC)CC)cc2)cc1.CC. The first-order valence-electron chi connectivity index (χ1n) is 26.9. The smallest absolute Gasteiger partial charge is 0.0366 e. The fourth-order valence-electron chi connectivity index (χ4n) is 9.51. The Morgan fingerprint density at radius 1 is 0.310 bits per heavy atom. The summed E-state index contributed by atoms with van der Waals surface area (Å²) in [5.74, 6) is 0. The molecule has 0 heterocycles. The van der Waals surface area contributed by atoms with E-state index < -0.39 is 0 Å². The minimum Gasteiger partial charge on any atom is -0.372 e. The van der Waals surface area contributed by atoms with E-state index >= 15 is 0 Å². The van der Waals surface area contributed by atoms with Crippen LogP contribution in [-0.2, 0) is 0 Å². The van der Waals surface area contributed by atoms with E-state index in [1.807, 2.05) is 13.8 Å². The van der Waals surface area contributed by atoms with Crippen LogP contribution in [0.25, 0.3) is 23.3 Å². The summed E-state index contributed by atoms with van der Waals surface area (Å²) in [6.07, 6.45) is 7.26. The molecule has 0 atom stereocenters. The molecule has 6 aromatic rings. The highest BCUT2D eigenvalue weighted by Crippen LogP contribution is 2.34. The summed E-state index contributed by atoms with van der Waals surface area (Å²) in [7, 11) is 0. The van der Waals surface area contributed by atoms with Gasteiger partial charge in [-0.15, -0.1) is 0 Å². The van der Waals surface area contributed by atoms with Crippen LogP contribution in [0.15, 0.2) is 169 Å². The highest BCUT2D eigenvalue weighted by Gasteiger charge is 2.15.